The van der Waals surface area contributed by atoms with Gasteiger partial charge in [0.25, 0.3) is 0 Å². The fourth-order valence-electron chi connectivity index (χ4n) is 1.69. The number of nitrogens with one attached hydrogen (secondary N) is 1. The lowest BCUT2D eigenvalue weighted by molar-refractivity contribution is 0.585. The van der Waals surface area contributed by atoms with E-state index in [1.165, 1.54) is 11.1 Å². The van der Waals surface area contributed by atoms with E-state index < -0.39 is 0 Å². The van der Waals surface area contributed by atoms with Crippen molar-refractivity contribution < 1.29 is 0 Å². The zero-order chi connectivity index (χ0) is 13.2. The molecule has 1 N–H and O–H groups in total. The molecule has 0 aliphatic rings. The molecule has 3 heteroatoms. The summed E-state index contributed by atoms with van der Waals surface area (Å²) in [7, 11) is 0. The molecule has 0 radical (unpaired) electrons. The van der Waals surface area contributed by atoms with Crippen molar-refractivity contribution in [2.75, 3.05) is 12.3 Å². The van der Waals surface area contributed by atoms with Gasteiger partial charge in [0.15, 0.2) is 0 Å². The van der Waals surface area contributed by atoms with E-state index in [0.717, 1.165) is 30.9 Å². The van der Waals surface area contributed by atoms with Crippen molar-refractivity contribution in [3.05, 3.63) is 35.4 Å². The molecule has 0 aromatic heterocycles. The second kappa shape index (κ2) is 9.02. The lowest BCUT2D eigenvalue weighted by atomic mass is 10.1. The third kappa shape index (κ3) is 5.57. The Morgan fingerprint density at radius 1 is 1.39 bits per heavy atom. The van der Waals surface area contributed by atoms with Gasteiger partial charge in [-0.2, -0.15) is 17.0 Å². The van der Waals surface area contributed by atoms with Crippen LogP contribution in [0.15, 0.2) is 24.3 Å². The monoisotopic (exact) mass is 262 g/mol. The van der Waals surface area contributed by atoms with E-state index >= 15 is 0 Å². The Labute approximate surface area is 115 Å². The highest BCUT2D eigenvalue weighted by atomic mass is 32.2. The highest BCUT2D eigenvalue weighted by Crippen LogP contribution is 2.16. The molecule has 98 valence electrons. The van der Waals surface area contributed by atoms with Crippen LogP contribution in [0.1, 0.15) is 30.9 Å². The first-order valence-electron chi connectivity index (χ1n) is 6.53. The van der Waals surface area contributed by atoms with Crippen LogP contribution in [0, 0.1) is 18.3 Å². The molecule has 0 bridgehead atoms. The molecule has 0 heterocycles. The normalized spacial score (nSPS) is 12.1. The molecule has 0 aliphatic heterocycles. The zero-order valence-corrected chi connectivity index (χ0v) is 12.1. The van der Waals surface area contributed by atoms with Crippen molar-refractivity contribution in [3.8, 4) is 6.07 Å². The number of benzene rings is 1. The van der Waals surface area contributed by atoms with Crippen molar-refractivity contribution >= 4 is 11.8 Å². The molecular formula is C15H22N2S. The van der Waals surface area contributed by atoms with Gasteiger partial charge in [-0.15, -0.1) is 0 Å². The molecule has 1 aromatic carbocycles. The molecule has 1 atom stereocenters. The van der Waals surface area contributed by atoms with Gasteiger partial charge in [0.05, 0.1) is 12.1 Å². The Morgan fingerprint density at radius 3 is 2.83 bits per heavy atom. The molecule has 0 aliphatic carbocycles. The minimum atomic E-state index is 0.00863. The van der Waals surface area contributed by atoms with Crippen LogP contribution in [0.2, 0.25) is 0 Å². The lowest BCUT2D eigenvalue weighted by Crippen LogP contribution is -2.28. The van der Waals surface area contributed by atoms with E-state index in [1.807, 2.05) is 11.8 Å². The fraction of sp³-hybridized carbons (Fsp3) is 0.533. The number of nitriles is 1. The quantitative estimate of drug-likeness (QED) is 0.728. The lowest BCUT2D eigenvalue weighted by Gasteiger charge is -2.10. The molecular weight excluding hydrogens is 240 g/mol. The summed E-state index contributed by atoms with van der Waals surface area (Å²) >= 11 is 1.91. The van der Waals surface area contributed by atoms with Gasteiger partial charge >= 0.3 is 0 Å². The molecule has 0 amide bonds. The Bertz CT molecular complexity index is 384. The van der Waals surface area contributed by atoms with Crippen molar-refractivity contribution in [1.82, 2.24) is 5.32 Å². The molecule has 0 saturated heterocycles. The average molecular weight is 262 g/mol. The van der Waals surface area contributed by atoms with Gasteiger partial charge < -0.3 is 5.32 Å². The van der Waals surface area contributed by atoms with E-state index in [9.17, 15) is 0 Å². The van der Waals surface area contributed by atoms with E-state index in [1.54, 1.807) is 0 Å². The largest absolute Gasteiger partial charge is 0.302 e. The predicted molar refractivity (Wildman–Crippen MR) is 79.7 cm³/mol. The molecule has 18 heavy (non-hydrogen) atoms. The first kappa shape index (κ1) is 15.1. The topological polar surface area (TPSA) is 35.8 Å². The molecule has 2 nitrogen and oxygen atoms in total. The van der Waals surface area contributed by atoms with Gasteiger partial charge in [0.2, 0.25) is 0 Å². The minimum Gasteiger partial charge on any atom is -0.302 e. The Morgan fingerprint density at radius 2 is 2.17 bits per heavy atom. The molecule has 0 fully saturated rings. The maximum Gasteiger partial charge on any atom is 0.0960 e. The van der Waals surface area contributed by atoms with Crippen molar-refractivity contribution in [2.24, 2.45) is 0 Å². The molecule has 1 unspecified atom stereocenters. The van der Waals surface area contributed by atoms with Crippen LogP contribution in [0.25, 0.3) is 0 Å². The summed E-state index contributed by atoms with van der Waals surface area (Å²) in [4.78, 5) is 0. The maximum absolute atomic E-state index is 8.99. The van der Waals surface area contributed by atoms with Gasteiger partial charge in [-0.3, -0.25) is 0 Å². The summed E-state index contributed by atoms with van der Waals surface area (Å²) in [6, 6.07) is 10.8. The van der Waals surface area contributed by atoms with E-state index in [0.29, 0.717) is 0 Å². The summed E-state index contributed by atoms with van der Waals surface area (Å²) in [6.07, 6.45) is 2.00. The van der Waals surface area contributed by atoms with Crippen molar-refractivity contribution in [2.45, 2.75) is 38.5 Å². The second-order valence-corrected chi connectivity index (χ2v) is 5.51. The van der Waals surface area contributed by atoms with Crippen LogP contribution in [-0.4, -0.2) is 18.3 Å². The Kier molecular flexibility index (Phi) is 7.55. The summed E-state index contributed by atoms with van der Waals surface area (Å²) in [6.45, 7) is 5.20. The van der Waals surface area contributed by atoms with Crippen LogP contribution < -0.4 is 5.32 Å². The Hall–Kier alpha value is -0.980. The number of hydrogen-bond donors (Lipinski definition) is 1. The fourth-order valence-corrected chi connectivity index (χ4v) is 2.78. The number of nitrogens with zero attached hydrogens (tertiary/aromatic N) is 1. The van der Waals surface area contributed by atoms with Crippen LogP contribution in [0.4, 0.5) is 0 Å². The molecule has 1 rings (SSSR count). The van der Waals surface area contributed by atoms with Crippen LogP contribution in [0.5, 0.6) is 0 Å². The first-order chi connectivity index (χ1) is 8.77. The molecule has 0 spiro atoms. The molecule has 0 saturated carbocycles. The van der Waals surface area contributed by atoms with Crippen LogP contribution >= 0.6 is 11.8 Å². The van der Waals surface area contributed by atoms with Crippen LogP contribution in [0.3, 0.4) is 0 Å². The number of aryl methyl sites for hydroxylation is 1. The zero-order valence-electron chi connectivity index (χ0n) is 11.3. The van der Waals surface area contributed by atoms with Crippen LogP contribution in [-0.2, 0) is 5.75 Å². The average Bonchev–Trinajstić information content (AvgIpc) is 2.40. The number of hydrogen-bond acceptors (Lipinski definition) is 3. The predicted octanol–water partition coefficient (Wildman–Crippen LogP) is 3.51. The summed E-state index contributed by atoms with van der Waals surface area (Å²) in [5.74, 6) is 2.07. The minimum absolute atomic E-state index is 0.00863. The number of thioether (sulfide) groups is 1. The van der Waals surface area contributed by atoms with Gasteiger partial charge in [-0.1, -0.05) is 31.2 Å². The smallest absolute Gasteiger partial charge is 0.0960 e. The summed E-state index contributed by atoms with van der Waals surface area (Å²) in [5, 5.41) is 12.2. The Balaban J connectivity index is 2.22. The second-order valence-electron chi connectivity index (χ2n) is 4.40. The SMILES string of the molecule is CCCNC(C#N)CCSCc1ccccc1C. The number of rotatable bonds is 8. The molecule has 1 aromatic rings. The highest BCUT2D eigenvalue weighted by molar-refractivity contribution is 7.98. The van der Waals surface area contributed by atoms with E-state index in [4.69, 9.17) is 5.26 Å². The van der Waals surface area contributed by atoms with Gasteiger partial charge in [0, 0.05) is 5.75 Å². The van der Waals surface area contributed by atoms with Crippen molar-refractivity contribution in [3.63, 3.8) is 0 Å². The first-order valence-corrected chi connectivity index (χ1v) is 7.68. The van der Waals surface area contributed by atoms with E-state index in [2.05, 4.69) is 49.5 Å². The van der Waals surface area contributed by atoms with Crippen molar-refractivity contribution in [1.29, 1.82) is 5.26 Å². The van der Waals surface area contributed by atoms with Gasteiger partial charge in [-0.05, 0) is 43.2 Å². The third-order valence-electron chi connectivity index (χ3n) is 2.87. The summed E-state index contributed by atoms with van der Waals surface area (Å²) in [5.41, 5.74) is 2.75. The summed E-state index contributed by atoms with van der Waals surface area (Å²) < 4.78 is 0. The standard InChI is InChI=1S/C15H22N2S/c1-3-9-17-15(11-16)8-10-18-12-14-7-5-4-6-13(14)2/h4-7,15,17H,3,8-10,12H2,1-2H3. The van der Waals surface area contributed by atoms with E-state index in [-0.39, 0.29) is 6.04 Å². The highest BCUT2D eigenvalue weighted by Gasteiger charge is 2.05. The van der Waals surface area contributed by atoms with Gasteiger partial charge in [-0.25, -0.2) is 0 Å². The van der Waals surface area contributed by atoms with Gasteiger partial charge in [0.1, 0.15) is 0 Å². The maximum atomic E-state index is 8.99. The third-order valence-corrected chi connectivity index (χ3v) is 3.91.